The zero-order valence-electron chi connectivity index (χ0n) is 20.6. The molecule has 5 rings (SSSR count). The lowest BCUT2D eigenvalue weighted by molar-refractivity contribution is 0.590. The van der Waals surface area contributed by atoms with Gasteiger partial charge in [0.25, 0.3) is 0 Å². The van der Waals surface area contributed by atoms with E-state index in [1.54, 1.807) is 0 Å². The number of hydrogen-bond acceptors (Lipinski definition) is 2. The van der Waals surface area contributed by atoms with E-state index < -0.39 is 0 Å². The fraction of sp³-hybridized carbons (Fsp3) is 0.258. The summed E-state index contributed by atoms with van der Waals surface area (Å²) in [7, 11) is 0. The van der Waals surface area contributed by atoms with Gasteiger partial charge in [-0.05, 0) is 52.4 Å². The smallest absolute Gasteiger partial charge is 0.141 e. The summed E-state index contributed by atoms with van der Waals surface area (Å²) in [5.41, 5.74) is 6.94. The Morgan fingerprint density at radius 2 is 1.59 bits per heavy atom. The van der Waals surface area contributed by atoms with Gasteiger partial charge < -0.3 is 9.88 Å². The predicted octanol–water partition coefficient (Wildman–Crippen LogP) is 8.70. The highest BCUT2D eigenvalue weighted by Gasteiger charge is 2.17. The Labute approximate surface area is 202 Å². The summed E-state index contributed by atoms with van der Waals surface area (Å²) in [5.74, 6) is 1.04. The fourth-order valence-corrected chi connectivity index (χ4v) is 4.55. The van der Waals surface area contributed by atoms with Crippen LogP contribution in [0.3, 0.4) is 0 Å². The number of nitrogens with one attached hydrogen (secondary N) is 1. The maximum Gasteiger partial charge on any atom is 0.141 e. The molecule has 3 nitrogen and oxygen atoms in total. The van der Waals surface area contributed by atoms with Crippen molar-refractivity contribution in [1.82, 2.24) is 9.55 Å². The van der Waals surface area contributed by atoms with E-state index in [1.807, 2.05) is 0 Å². The molecule has 0 amide bonds. The molecule has 3 heteroatoms. The number of anilines is 2. The van der Waals surface area contributed by atoms with Crippen LogP contribution in [0.5, 0.6) is 0 Å². The van der Waals surface area contributed by atoms with Crippen molar-refractivity contribution in [2.24, 2.45) is 0 Å². The second-order valence-corrected chi connectivity index (χ2v) is 10.1. The minimum absolute atomic E-state index is 0.137. The number of benzene rings is 4. The average Bonchev–Trinajstić information content (AvgIpc) is 3.22. The molecule has 0 bridgehead atoms. The SMILES string of the molecule is CCCCn1c(-c2ccc(C(C)(C)C)cc2)nc2c(Nc3ccc4ccccc4c3)cccc21. The molecule has 0 aliphatic rings. The number of aromatic nitrogens is 2. The third kappa shape index (κ3) is 4.31. The maximum atomic E-state index is 5.19. The Morgan fingerprint density at radius 3 is 2.32 bits per heavy atom. The second kappa shape index (κ2) is 8.98. The van der Waals surface area contributed by atoms with Gasteiger partial charge in [-0.25, -0.2) is 4.98 Å². The largest absolute Gasteiger partial charge is 0.354 e. The van der Waals surface area contributed by atoms with E-state index in [-0.39, 0.29) is 5.41 Å². The predicted molar refractivity (Wildman–Crippen MR) is 146 cm³/mol. The van der Waals surface area contributed by atoms with Gasteiger partial charge in [-0.2, -0.15) is 0 Å². The van der Waals surface area contributed by atoms with Gasteiger partial charge in [0.2, 0.25) is 0 Å². The van der Waals surface area contributed by atoms with Crippen molar-refractivity contribution in [3.63, 3.8) is 0 Å². The van der Waals surface area contributed by atoms with Gasteiger partial charge in [-0.3, -0.25) is 0 Å². The molecule has 0 atom stereocenters. The van der Waals surface area contributed by atoms with Crippen LogP contribution in [0.4, 0.5) is 11.4 Å². The highest BCUT2D eigenvalue weighted by Crippen LogP contribution is 2.33. The molecule has 4 aromatic carbocycles. The van der Waals surface area contributed by atoms with E-state index in [1.165, 1.54) is 21.9 Å². The summed E-state index contributed by atoms with van der Waals surface area (Å²) >= 11 is 0. The van der Waals surface area contributed by atoms with E-state index in [0.29, 0.717) is 0 Å². The van der Waals surface area contributed by atoms with Gasteiger partial charge in [0, 0.05) is 17.8 Å². The Bertz CT molecular complexity index is 1440. The summed E-state index contributed by atoms with van der Waals surface area (Å²) in [6, 6.07) is 30.3. The first kappa shape index (κ1) is 22.2. The number of nitrogens with zero attached hydrogens (tertiary/aromatic N) is 2. The van der Waals surface area contributed by atoms with E-state index in [4.69, 9.17) is 4.98 Å². The molecule has 0 fully saturated rings. The normalized spacial score (nSPS) is 11.9. The number of imidazole rings is 1. The summed E-state index contributed by atoms with van der Waals surface area (Å²) in [4.78, 5) is 5.19. The van der Waals surface area contributed by atoms with Crippen molar-refractivity contribution >= 4 is 33.2 Å². The molecule has 1 N–H and O–H groups in total. The maximum absolute atomic E-state index is 5.19. The van der Waals surface area contributed by atoms with Gasteiger partial charge in [0.15, 0.2) is 0 Å². The first-order valence-electron chi connectivity index (χ1n) is 12.3. The summed E-state index contributed by atoms with van der Waals surface area (Å²) in [6.45, 7) is 9.96. The highest BCUT2D eigenvalue weighted by atomic mass is 15.1. The summed E-state index contributed by atoms with van der Waals surface area (Å²) < 4.78 is 2.39. The van der Waals surface area contributed by atoms with Crippen LogP contribution in [0.2, 0.25) is 0 Å². The number of unbranched alkanes of at least 4 members (excludes halogenated alkanes) is 1. The van der Waals surface area contributed by atoms with E-state index in [0.717, 1.165) is 47.7 Å². The zero-order chi connectivity index (χ0) is 23.7. The van der Waals surface area contributed by atoms with Crippen molar-refractivity contribution in [1.29, 1.82) is 0 Å². The number of para-hydroxylation sites is 1. The third-order valence-corrected chi connectivity index (χ3v) is 6.55. The monoisotopic (exact) mass is 447 g/mol. The van der Waals surface area contributed by atoms with Crippen LogP contribution in [-0.2, 0) is 12.0 Å². The molecule has 34 heavy (non-hydrogen) atoms. The van der Waals surface area contributed by atoms with Crippen LogP contribution in [0.25, 0.3) is 33.2 Å². The van der Waals surface area contributed by atoms with Crippen LogP contribution in [-0.4, -0.2) is 9.55 Å². The first-order chi connectivity index (χ1) is 16.4. The molecule has 0 radical (unpaired) electrons. The summed E-state index contributed by atoms with van der Waals surface area (Å²) in [6.07, 6.45) is 2.28. The van der Waals surface area contributed by atoms with Crippen LogP contribution in [0.1, 0.15) is 46.1 Å². The standard InChI is InChI=1S/C31H33N3/c1-5-6-20-34-28-13-9-12-27(32-26-19-16-22-10-7-8-11-24(22)21-26)29(28)33-30(34)23-14-17-25(18-15-23)31(2,3)4/h7-19,21,32H,5-6,20H2,1-4H3. The molecule has 1 aromatic heterocycles. The number of hydrogen-bond donors (Lipinski definition) is 1. The molecule has 0 aliphatic carbocycles. The number of aryl methyl sites for hydroxylation is 1. The number of fused-ring (bicyclic) bond motifs is 2. The minimum Gasteiger partial charge on any atom is -0.354 e. The highest BCUT2D eigenvalue weighted by molar-refractivity contribution is 5.94. The Morgan fingerprint density at radius 1 is 0.824 bits per heavy atom. The quantitative estimate of drug-likeness (QED) is 0.282. The van der Waals surface area contributed by atoms with Crippen molar-refractivity contribution in [3.8, 4) is 11.4 Å². The van der Waals surface area contributed by atoms with Gasteiger partial charge in [-0.15, -0.1) is 0 Å². The minimum atomic E-state index is 0.137. The third-order valence-electron chi connectivity index (χ3n) is 6.55. The molecule has 0 saturated carbocycles. The molecule has 1 heterocycles. The van der Waals surface area contributed by atoms with E-state index >= 15 is 0 Å². The molecule has 172 valence electrons. The zero-order valence-corrected chi connectivity index (χ0v) is 20.6. The van der Waals surface area contributed by atoms with Crippen molar-refractivity contribution in [3.05, 3.63) is 90.5 Å². The van der Waals surface area contributed by atoms with Crippen LogP contribution < -0.4 is 5.32 Å². The van der Waals surface area contributed by atoms with Crippen molar-refractivity contribution in [2.75, 3.05) is 5.32 Å². The molecule has 0 saturated heterocycles. The van der Waals surface area contributed by atoms with E-state index in [2.05, 4.69) is 123 Å². The second-order valence-electron chi connectivity index (χ2n) is 10.1. The molecule has 0 aliphatic heterocycles. The van der Waals surface area contributed by atoms with Crippen molar-refractivity contribution in [2.45, 2.75) is 52.5 Å². The molecule has 0 spiro atoms. The first-order valence-corrected chi connectivity index (χ1v) is 12.3. The lowest BCUT2D eigenvalue weighted by atomic mass is 9.87. The van der Waals surface area contributed by atoms with Crippen LogP contribution in [0.15, 0.2) is 84.9 Å². The van der Waals surface area contributed by atoms with Gasteiger partial charge >= 0.3 is 0 Å². The Kier molecular flexibility index (Phi) is 5.87. The lowest BCUT2D eigenvalue weighted by Crippen LogP contribution is -2.10. The van der Waals surface area contributed by atoms with Gasteiger partial charge in [0.05, 0.1) is 11.2 Å². The molecular formula is C31H33N3. The Hall–Kier alpha value is -3.59. The number of rotatable bonds is 6. The summed E-state index contributed by atoms with van der Waals surface area (Å²) in [5, 5.41) is 6.12. The van der Waals surface area contributed by atoms with Crippen LogP contribution in [0, 0.1) is 0 Å². The van der Waals surface area contributed by atoms with Crippen molar-refractivity contribution < 1.29 is 0 Å². The topological polar surface area (TPSA) is 29.9 Å². The molecule has 0 unspecified atom stereocenters. The van der Waals surface area contributed by atoms with Gasteiger partial charge in [-0.1, -0.05) is 94.8 Å². The van der Waals surface area contributed by atoms with Gasteiger partial charge in [0.1, 0.15) is 11.3 Å². The molecular weight excluding hydrogens is 414 g/mol. The fourth-order valence-electron chi connectivity index (χ4n) is 4.55. The Balaban J connectivity index is 1.58. The lowest BCUT2D eigenvalue weighted by Gasteiger charge is -2.19. The molecule has 5 aromatic rings. The average molecular weight is 448 g/mol. The van der Waals surface area contributed by atoms with E-state index in [9.17, 15) is 0 Å². The van der Waals surface area contributed by atoms with Crippen LogP contribution >= 0.6 is 0 Å².